The van der Waals surface area contributed by atoms with E-state index in [2.05, 4.69) is 27.9 Å². The number of hydrogen-bond acceptors (Lipinski definition) is 2. The normalized spacial score (nSPS) is 17.3. The van der Waals surface area contributed by atoms with Gasteiger partial charge in [0.1, 0.15) is 3.42 Å². The molecule has 76 valence electrons. The van der Waals surface area contributed by atoms with Crippen molar-refractivity contribution in [3.63, 3.8) is 0 Å². The van der Waals surface area contributed by atoms with Crippen LogP contribution in [0.15, 0.2) is 0 Å². The van der Waals surface area contributed by atoms with E-state index in [1.807, 2.05) is 20.8 Å². The number of nitrogens with one attached hydrogen (secondary N) is 1. The highest BCUT2D eigenvalue weighted by atomic mass is 127. The van der Waals surface area contributed by atoms with Gasteiger partial charge in [0.2, 0.25) is 11.8 Å². The highest BCUT2D eigenvalue weighted by Crippen LogP contribution is 2.30. The number of amides is 2. The molecule has 0 aromatic rings. The first-order valence-electron chi connectivity index (χ1n) is 4.33. The third kappa shape index (κ3) is 3.62. The highest BCUT2D eigenvalue weighted by Gasteiger charge is 2.35. The van der Waals surface area contributed by atoms with Crippen molar-refractivity contribution in [2.75, 3.05) is 0 Å². The summed E-state index contributed by atoms with van der Waals surface area (Å²) in [7, 11) is 0. The van der Waals surface area contributed by atoms with Gasteiger partial charge in [-0.3, -0.25) is 14.9 Å². The van der Waals surface area contributed by atoms with Crippen molar-refractivity contribution in [2.24, 2.45) is 5.92 Å². The van der Waals surface area contributed by atoms with Crippen LogP contribution < -0.4 is 5.32 Å². The maximum absolute atomic E-state index is 11.5. The first kappa shape index (κ1) is 12.9. The molecule has 0 aromatic carbocycles. The van der Waals surface area contributed by atoms with Crippen LogP contribution in [0, 0.1) is 5.92 Å². The molecule has 0 heterocycles. The van der Waals surface area contributed by atoms with Gasteiger partial charge in [-0.25, -0.2) is 0 Å². The van der Waals surface area contributed by atoms with E-state index in [0.717, 1.165) is 6.42 Å². The first-order valence-corrected chi connectivity index (χ1v) is 5.41. The second-order valence-electron chi connectivity index (χ2n) is 3.40. The van der Waals surface area contributed by atoms with Crippen LogP contribution in [0.1, 0.15) is 34.1 Å². The Bertz CT molecular complexity index is 214. The third-order valence-corrected chi connectivity index (χ3v) is 3.82. The number of hydrogen-bond donors (Lipinski definition) is 1. The van der Waals surface area contributed by atoms with Gasteiger partial charge in [-0.15, -0.1) is 0 Å². The van der Waals surface area contributed by atoms with Crippen molar-refractivity contribution in [2.45, 2.75) is 37.5 Å². The molecule has 0 spiro atoms. The Morgan fingerprint density at radius 3 is 2.31 bits per heavy atom. The molecular weight excluding hydrogens is 281 g/mol. The summed E-state index contributed by atoms with van der Waals surface area (Å²) < 4.78 is -0.502. The largest absolute Gasteiger partial charge is 0.296 e. The van der Waals surface area contributed by atoms with E-state index in [0.29, 0.717) is 0 Å². The van der Waals surface area contributed by atoms with E-state index in [1.165, 1.54) is 6.92 Å². The van der Waals surface area contributed by atoms with Crippen LogP contribution in [0.25, 0.3) is 0 Å². The number of alkyl halides is 1. The zero-order valence-corrected chi connectivity index (χ0v) is 10.6. The summed E-state index contributed by atoms with van der Waals surface area (Å²) in [5.74, 6) is -0.237. The Morgan fingerprint density at radius 2 is 2.00 bits per heavy atom. The van der Waals surface area contributed by atoms with Crippen LogP contribution in [0.4, 0.5) is 0 Å². The minimum absolute atomic E-state index is 0.199. The highest BCUT2D eigenvalue weighted by molar-refractivity contribution is 14.1. The molecule has 0 aliphatic heterocycles. The van der Waals surface area contributed by atoms with Gasteiger partial charge in [0.25, 0.3) is 0 Å². The second kappa shape index (κ2) is 4.93. The maximum atomic E-state index is 11.5. The second-order valence-corrected chi connectivity index (χ2v) is 5.64. The Balaban J connectivity index is 4.44. The summed E-state index contributed by atoms with van der Waals surface area (Å²) >= 11 is 2.10. The number of rotatable bonds is 3. The zero-order chi connectivity index (χ0) is 10.6. The van der Waals surface area contributed by atoms with Crippen LogP contribution >= 0.6 is 22.6 Å². The molecule has 13 heavy (non-hydrogen) atoms. The van der Waals surface area contributed by atoms with Crippen molar-refractivity contribution < 1.29 is 9.59 Å². The van der Waals surface area contributed by atoms with Crippen molar-refractivity contribution in [3.05, 3.63) is 0 Å². The van der Waals surface area contributed by atoms with Gasteiger partial charge in [0.05, 0.1) is 0 Å². The maximum Gasteiger partial charge on any atom is 0.242 e. The van der Waals surface area contributed by atoms with Crippen molar-refractivity contribution in [3.8, 4) is 0 Å². The fourth-order valence-corrected chi connectivity index (χ4v) is 1.46. The molecule has 0 saturated heterocycles. The van der Waals surface area contributed by atoms with Gasteiger partial charge in [-0.2, -0.15) is 0 Å². The lowest BCUT2D eigenvalue weighted by atomic mass is 9.93. The summed E-state index contributed by atoms with van der Waals surface area (Å²) in [6.45, 7) is 7.23. The van der Waals surface area contributed by atoms with Crippen molar-refractivity contribution in [1.82, 2.24) is 5.32 Å². The molecule has 0 aliphatic carbocycles. The molecule has 0 saturated carbocycles. The van der Waals surface area contributed by atoms with E-state index in [9.17, 15) is 9.59 Å². The smallest absolute Gasteiger partial charge is 0.242 e. The number of carbonyl (C=O) groups excluding carboxylic acids is 2. The van der Waals surface area contributed by atoms with Gasteiger partial charge in [0.15, 0.2) is 0 Å². The fraction of sp³-hybridized carbons (Fsp3) is 0.778. The minimum atomic E-state index is -0.502. The summed E-state index contributed by atoms with van der Waals surface area (Å²) in [6.07, 6.45) is 0.921. The van der Waals surface area contributed by atoms with E-state index in [-0.39, 0.29) is 17.7 Å². The summed E-state index contributed by atoms with van der Waals surface area (Å²) in [5, 5.41) is 2.31. The minimum Gasteiger partial charge on any atom is -0.296 e. The molecule has 0 aliphatic rings. The standard InChI is InChI=1S/C9H16INO2/c1-5-6(2)9(4,10)8(13)11-7(3)12/h6H,5H2,1-4H3,(H,11,12,13). The molecule has 3 nitrogen and oxygen atoms in total. The van der Waals surface area contributed by atoms with Crippen molar-refractivity contribution >= 4 is 34.4 Å². The van der Waals surface area contributed by atoms with Crippen LogP contribution in [0.5, 0.6) is 0 Å². The Kier molecular flexibility index (Phi) is 4.88. The van der Waals surface area contributed by atoms with E-state index in [1.54, 1.807) is 0 Å². The van der Waals surface area contributed by atoms with Gasteiger partial charge >= 0.3 is 0 Å². The van der Waals surface area contributed by atoms with E-state index in [4.69, 9.17) is 0 Å². The molecule has 0 rings (SSSR count). The molecule has 0 radical (unpaired) electrons. The topological polar surface area (TPSA) is 46.2 Å². The van der Waals surface area contributed by atoms with Crippen molar-refractivity contribution in [1.29, 1.82) is 0 Å². The fourth-order valence-electron chi connectivity index (χ4n) is 0.889. The summed E-state index contributed by atoms with van der Waals surface area (Å²) in [4.78, 5) is 22.2. The summed E-state index contributed by atoms with van der Waals surface area (Å²) in [5.41, 5.74) is 0. The van der Waals surface area contributed by atoms with Gasteiger partial charge in [-0.1, -0.05) is 42.9 Å². The van der Waals surface area contributed by atoms with Crippen LogP contribution in [0.2, 0.25) is 0 Å². The van der Waals surface area contributed by atoms with E-state index >= 15 is 0 Å². The van der Waals surface area contributed by atoms with Crippen LogP contribution in [-0.4, -0.2) is 15.2 Å². The van der Waals surface area contributed by atoms with E-state index < -0.39 is 3.42 Å². The quantitative estimate of drug-likeness (QED) is 0.639. The summed E-state index contributed by atoms with van der Waals surface area (Å²) in [6, 6.07) is 0. The molecule has 1 N–H and O–H groups in total. The molecule has 2 unspecified atom stereocenters. The molecule has 2 atom stereocenters. The number of imide groups is 1. The Labute approximate surface area is 92.8 Å². The van der Waals surface area contributed by atoms with Crippen LogP contribution in [0.3, 0.4) is 0 Å². The molecule has 0 bridgehead atoms. The molecule has 2 amide bonds. The lowest BCUT2D eigenvalue weighted by molar-refractivity contribution is -0.130. The number of carbonyl (C=O) groups is 2. The SMILES string of the molecule is CCC(C)C(C)(I)C(=O)NC(C)=O. The average molecular weight is 297 g/mol. The lowest BCUT2D eigenvalue weighted by Gasteiger charge is -2.26. The predicted molar refractivity (Wildman–Crippen MR) is 60.7 cm³/mol. The molecule has 4 heteroatoms. The lowest BCUT2D eigenvalue weighted by Crippen LogP contribution is -2.45. The van der Waals surface area contributed by atoms with Gasteiger partial charge in [-0.05, 0) is 12.8 Å². The van der Waals surface area contributed by atoms with Gasteiger partial charge in [0, 0.05) is 6.92 Å². The first-order chi connectivity index (χ1) is 5.82. The molecule has 0 aromatic heterocycles. The Hall–Kier alpha value is -0.130. The zero-order valence-electron chi connectivity index (χ0n) is 8.48. The molecule has 0 fully saturated rings. The third-order valence-electron chi connectivity index (χ3n) is 2.27. The van der Waals surface area contributed by atoms with Crippen LogP contribution in [-0.2, 0) is 9.59 Å². The number of halogens is 1. The van der Waals surface area contributed by atoms with Gasteiger partial charge < -0.3 is 0 Å². The predicted octanol–water partition coefficient (Wildman–Crippen LogP) is 1.89. The monoisotopic (exact) mass is 297 g/mol. The Morgan fingerprint density at radius 1 is 1.54 bits per heavy atom. The molecular formula is C9H16INO2. The average Bonchev–Trinajstić information content (AvgIpc) is 2.01.